The molecule has 0 spiro atoms. The number of unbranched alkanes of at least 4 members (excludes halogenated alkanes) is 28. The lowest BCUT2D eigenvalue weighted by Gasteiger charge is -2.23. The van der Waals surface area contributed by atoms with Gasteiger partial charge in [0.25, 0.3) is 0 Å². The van der Waals surface area contributed by atoms with Crippen LogP contribution in [0, 0.1) is 0 Å². The van der Waals surface area contributed by atoms with E-state index in [0.717, 1.165) is 25.7 Å². The zero-order valence-corrected chi connectivity index (χ0v) is 27.7. The first-order valence-electron chi connectivity index (χ1n) is 18.7. The molecule has 3 heteroatoms. The molecule has 3 nitrogen and oxygen atoms in total. The molecule has 0 rings (SSSR count). The second-order valence-electron chi connectivity index (χ2n) is 13.1. The van der Waals surface area contributed by atoms with E-state index in [1.807, 2.05) is 0 Å². The zero-order valence-electron chi connectivity index (χ0n) is 27.7. The van der Waals surface area contributed by atoms with E-state index in [9.17, 15) is 15.3 Å². The monoisotopic (exact) mass is 569 g/mol. The average Bonchev–Trinajstić information content (AvgIpc) is 2.96. The van der Waals surface area contributed by atoms with Crippen LogP contribution in [0.3, 0.4) is 0 Å². The van der Waals surface area contributed by atoms with Crippen molar-refractivity contribution in [2.45, 2.75) is 238 Å². The first-order chi connectivity index (χ1) is 19.6. The maximum Gasteiger partial charge on any atom is 0.106 e. The second kappa shape index (κ2) is 33.4. The molecule has 0 bridgehead atoms. The minimum atomic E-state index is -0.988. The predicted octanol–water partition coefficient (Wildman–Crippen LogP) is 11.6. The van der Waals surface area contributed by atoms with Gasteiger partial charge in [0.05, 0.1) is 12.2 Å². The Bertz CT molecular complexity index is 415. The summed E-state index contributed by atoms with van der Waals surface area (Å²) in [6, 6.07) is 0. The molecule has 0 aromatic heterocycles. The van der Waals surface area contributed by atoms with Crippen molar-refractivity contribution in [3.63, 3.8) is 0 Å². The minimum Gasteiger partial charge on any atom is -0.390 e. The highest BCUT2D eigenvalue weighted by Gasteiger charge is 2.23. The highest BCUT2D eigenvalue weighted by atomic mass is 16.4. The van der Waals surface area contributed by atoms with E-state index >= 15 is 0 Å². The molecule has 0 aliphatic rings. The van der Waals surface area contributed by atoms with Gasteiger partial charge in [-0.2, -0.15) is 0 Å². The Morgan fingerprint density at radius 2 is 0.450 bits per heavy atom. The van der Waals surface area contributed by atoms with Gasteiger partial charge < -0.3 is 15.3 Å². The maximum atomic E-state index is 10.3. The largest absolute Gasteiger partial charge is 0.390 e. The van der Waals surface area contributed by atoms with E-state index in [-0.39, 0.29) is 0 Å². The standard InChI is InChI=1S/C37H76O3/c1-3-5-7-9-11-13-15-17-19-21-23-25-27-29-31-33-35(38)37(40)36(39)34-32-30-28-26-24-22-20-18-16-14-12-10-8-6-4-2/h35-40H,3-34H2,1-2H3. The van der Waals surface area contributed by atoms with Crippen LogP contribution in [-0.4, -0.2) is 33.6 Å². The molecule has 0 amide bonds. The fourth-order valence-electron chi connectivity index (χ4n) is 6.05. The first kappa shape index (κ1) is 39.9. The van der Waals surface area contributed by atoms with Crippen molar-refractivity contribution in [1.29, 1.82) is 0 Å². The number of hydrogen-bond acceptors (Lipinski definition) is 3. The summed E-state index contributed by atoms with van der Waals surface area (Å²) in [6.45, 7) is 4.56. The van der Waals surface area contributed by atoms with Crippen LogP contribution in [0.1, 0.15) is 219 Å². The Kier molecular flexibility index (Phi) is 33.3. The predicted molar refractivity (Wildman–Crippen MR) is 177 cm³/mol. The summed E-state index contributed by atoms with van der Waals surface area (Å²) in [5.74, 6) is 0. The van der Waals surface area contributed by atoms with Crippen molar-refractivity contribution >= 4 is 0 Å². The van der Waals surface area contributed by atoms with Crippen molar-refractivity contribution < 1.29 is 15.3 Å². The van der Waals surface area contributed by atoms with Gasteiger partial charge in [-0.1, -0.05) is 206 Å². The fraction of sp³-hybridized carbons (Fsp3) is 1.00. The summed E-state index contributed by atoms with van der Waals surface area (Å²) in [4.78, 5) is 0. The molecule has 0 fully saturated rings. The average molecular weight is 569 g/mol. The Labute approximate surface area is 252 Å². The molecule has 0 aromatic carbocycles. The summed E-state index contributed by atoms with van der Waals surface area (Å²) in [6.07, 6.45) is 38.5. The Hall–Kier alpha value is -0.120. The number of aliphatic hydroxyl groups is 3. The van der Waals surface area contributed by atoms with Crippen LogP contribution in [0.2, 0.25) is 0 Å². The van der Waals surface area contributed by atoms with Crippen molar-refractivity contribution in [2.75, 3.05) is 0 Å². The smallest absolute Gasteiger partial charge is 0.106 e. The number of hydrogen-bond donors (Lipinski definition) is 3. The van der Waals surface area contributed by atoms with Crippen LogP contribution in [0.25, 0.3) is 0 Å². The topological polar surface area (TPSA) is 60.7 Å². The molecule has 0 saturated heterocycles. The van der Waals surface area contributed by atoms with E-state index in [1.165, 1.54) is 167 Å². The van der Waals surface area contributed by atoms with Crippen LogP contribution in [-0.2, 0) is 0 Å². The van der Waals surface area contributed by atoms with Gasteiger partial charge in [0.1, 0.15) is 6.10 Å². The molecule has 0 heterocycles. The van der Waals surface area contributed by atoms with Crippen LogP contribution in [0.15, 0.2) is 0 Å². The summed E-state index contributed by atoms with van der Waals surface area (Å²) in [7, 11) is 0. The summed E-state index contributed by atoms with van der Waals surface area (Å²) < 4.78 is 0. The highest BCUT2D eigenvalue weighted by Crippen LogP contribution is 2.18. The molecule has 40 heavy (non-hydrogen) atoms. The van der Waals surface area contributed by atoms with Crippen LogP contribution in [0.4, 0.5) is 0 Å². The summed E-state index contributed by atoms with van der Waals surface area (Å²) >= 11 is 0. The van der Waals surface area contributed by atoms with Gasteiger partial charge >= 0.3 is 0 Å². The molecule has 0 aromatic rings. The Morgan fingerprint density at radius 3 is 0.650 bits per heavy atom. The normalized spacial score (nSPS) is 14.0. The number of rotatable bonds is 34. The highest BCUT2D eigenvalue weighted by molar-refractivity contribution is 4.75. The Balaban J connectivity index is 3.40. The molecule has 3 N–H and O–H groups in total. The SMILES string of the molecule is CCCCCCCCCCCCCCCCCC(O)C(O)C(O)CCCCCCCCCCCCCCCCC. The van der Waals surface area contributed by atoms with E-state index < -0.39 is 18.3 Å². The third-order valence-corrected chi connectivity index (χ3v) is 9.00. The van der Waals surface area contributed by atoms with Gasteiger partial charge in [0, 0.05) is 0 Å². The molecular weight excluding hydrogens is 492 g/mol. The van der Waals surface area contributed by atoms with Crippen molar-refractivity contribution in [2.24, 2.45) is 0 Å². The van der Waals surface area contributed by atoms with Gasteiger partial charge in [-0.25, -0.2) is 0 Å². The van der Waals surface area contributed by atoms with Crippen molar-refractivity contribution in [3.8, 4) is 0 Å². The van der Waals surface area contributed by atoms with Crippen molar-refractivity contribution in [1.82, 2.24) is 0 Å². The summed E-state index contributed by atoms with van der Waals surface area (Å²) in [5, 5.41) is 30.9. The van der Waals surface area contributed by atoms with Gasteiger partial charge in [-0.15, -0.1) is 0 Å². The minimum absolute atomic E-state index is 0.606. The number of aliphatic hydroxyl groups excluding tert-OH is 3. The maximum absolute atomic E-state index is 10.3. The fourth-order valence-corrected chi connectivity index (χ4v) is 6.05. The van der Waals surface area contributed by atoms with Gasteiger partial charge in [0.15, 0.2) is 0 Å². The van der Waals surface area contributed by atoms with E-state index in [0.29, 0.717) is 12.8 Å². The zero-order chi connectivity index (χ0) is 29.4. The molecule has 0 radical (unpaired) electrons. The molecule has 0 aliphatic carbocycles. The lowest BCUT2D eigenvalue weighted by Crippen LogP contribution is -2.37. The molecule has 0 saturated carbocycles. The quantitative estimate of drug-likeness (QED) is 0.0676. The van der Waals surface area contributed by atoms with E-state index in [1.54, 1.807) is 0 Å². The van der Waals surface area contributed by atoms with Gasteiger partial charge in [-0.3, -0.25) is 0 Å². The van der Waals surface area contributed by atoms with Gasteiger partial charge in [-0.05, 0) is 12.8 Å². The third kappa shape index (κ3) is 29.4. The van der Waals surface area contributed by atoms with Crippen LogP contribution in [0.5, 0.6) is 0 Å². The van der Waals surface area contributed by atoms with E-state index in [4.69, 9.17) is 0 Å². The molecular formula is C37H76O3. The first-order valence-corrected chi connectivity index (χ1v) is 18.7. The third-order valence-electron chi connectivity index (χ3n) is 9.00. The summed E-state index contributed by atoms with van der Waals surface area (Å²) in [5.41, 5.74) is 0. The lowest BCUT2D eigenvalue weighted by atomic mass is 9.97. The molecule has 2 unspecified atom stereocenters. The van der Waals surface area contributed by atoms with E-state index in [2.05, 4.69) is 13.8 Å². The second-order valence-corrected chi connectivity index (χ2v) is 13.1. The molecule has 242 valence electrons. The van der Waals surface area contributed by atoms with Crippen LogP contribution < -0.4 is 0 Å². The molecule has 2 atom stereocenters. The molecule has 0 aliphatic heterocycles. The van der Waals surface area contributed by atoms with Crippen molar-refractivity contribution in [3.05, 3.63) is 0 Å². The Morgan fingerprint density at radius 1 is 0.275 bits per heavy atom. The van der Waals surface area contributed by atoms with Crippen LogP contribution >= 0.6 is 0 Å². The van der Waals surface area contributed by atoms with Gasteiger partial charge in [0.2, 0.25) is 0 Å². The lowest BCUT2D eigenvalue weighted by molar-refractivity contribution is -0.0653.